The molecule has 0 saturated carbocycles. The molecule has 0 saturated heterocycles. The summed E-state index contributed by atoms with van der Waals surface area (Å²) in [4.78, 5) is 25.9. The summed E-state index contributed by atoms with van der Waals surface area (Å²) in [5.74, 6) is 0.662. The van der Waals surface area contributed by atoms with Gasteiger partial charge in [-0.15, -0.1) is 10.2 Å². The topological polar surface area (TPSA) is 78.5 Å². The van der Waals surface area contributed by atoms with Gasteiger partial charge in [-0.2, -0.15) is 0 Å². The first-order valence-corrected chi connectivity index (χ1v) is 10.7. The Balaban J connectivity index is 1.63. The van der Waals surface area contributed by atoms with Crippen LogP contribution in [0.4, 0.5) is 0 Å². The molecule has 0 bridgehead atoms. The number of Topliss-reactive ketones (excluding diaryl/α,β-unsaturated/α-hetero) is 1. The van der Waals surface area contributed by atoms with Gasteiger partial charge in [0.25, 0.3) is 0 Å². The molecule has 0 radical (unpaired) electrons. The highest BCUT2D eigenvalue weighted by molar-refractivity contribution is 8.00. The molecule has 1 atom stereocenters. The van der Waals surface area contributed by atoms with E-state index in [1.807, 2.05) is 57.2 Å². The number of thioether (sulfide) groups is 1. The first-order valence-electron chi connectivity index (χ1n) is 9.78. The van der Waals surface area contributed by atoms with Gasteiger partial charge in [0.2, 0.25) is 5.65 Å². The van der Waals surface area contributed by atoms with Crippen molar-refractivity contribution in [3.05, 3.63) is 81.9 Å². The highest BCUT2D eigenvalue weighted by Crippen LogP contribution is 2.25. The lowest BCUT2D eigenvalue weighted by Crippen LogP contribution is -2.20. The number of ether oxygens (including phenoxy) is 1. The van der Waals surface area contributed by atoms with E-state index in [9.17, 15) is 9.59 Å². The van der Waals surface area contributed by atoms with Gasteiger partial charge in [-0.05, 0) is 50.1 Å². The number of rotatable bonds is 6. The van der Waals surface area contributed by atoms with Crippen molar-refractivity contribution in [2.45, 2.75) is 31.2 Å². The summed E-state index contributed by atoms with van der Waals surface area (Å²) in [6, 6.07) is 12.9. The zero-order valence-electron chi connectivity index (χ0n) is 17.7. The number of ketones is 1. The summed E-state index contributed by atoms with van der Waals surface area (Å²) in [7, 11) is 1.58. The van der Waals surface area contributed by atoms with Crippen molar-refractivity contribution in [3.8, 4) is 11.4 Å². The molecule has 31 heavy (non-hydrogen) atoms. The minimum Gasteiger partial charge on any atom is -0.497 e. The molecule has 0 amide bonds. The largest absolute Gasteiger partial charge is 0.497 e. The first kappa shape index (κ1) is 20.9. The standard InChI is InChI=1S/C23H22N4O3S/c1-14-8-9-17(12-15(14)2)20(28)16(3)31-23-25-24-21-22(29)26(10-11-27(21)23)18-6-5-7-19(13-18)30-4/h5-13,16H,1-4H3/t16-/m0/s1. The van der Waals surface area contributed by atoms with Crippen molar-refractivity contribution in [3.63, 3.8) is 0 Å². The normalized spacial score (nSPS) is 12.1. The number of hydrogen-bond acceptors (Lipinski definition) is 6. The van der Waals surface area contributed by atoms with Crippen LogP contribution >= 0.6 is 11.8 Å². The molecule has 0 N–H and O–H groups in total. The van der Waals surface area contributed by atoms with E-state index in [-0.39, 0.29) is 22.2 Å². The van der Waals surface area contributed by atoms with Crippen LogP contribution in [0.1, 0.15) is 28.4 Å². The van der Waals surface area contributed by atoms with E-state index in [2.05, 4.69) is 10.2 Å². The van der Waals surface area contributed by atoms with Crippen LogP contribution in [-0.2, 0) is 0 Å². The number of carbonyl (C=O) groups excluding carboxylic acids is 1. The highest BCUT2D eigenvalue weighted by atomic mass is 32.2. The van der Waals surface area contributed by atoms with E-state index < -0.39 is 0 Å². The summed E-state index contributed by atoms with van der Waals surface area (Å²) in [5, 5.41) is 8.35. The number of benzene rings is 2. The van der Waals surface area contributed by atoms with Gasteiger partial charge in [0.05, 0.1) is 18.0 Å². The lowest BCUT2D eigenvalue weighted by Gasteiger charge is -2.11. The first-order chi connectivity index (χ1) is 14.9. The minimum atomic E-state index is -0.379. The molecule has 2 heterocycles. The molecule has 2 aromatic heterocycles. The second-order valence-corrected chi connectivity index (χ2v) is 8.58. The Labute approximate surface area is 183 Å². The van der Waals surface area contributed by atoms with Crippen molar-refractivity contribution in [1.82, 2.24) is 19.2 Å². The maximum Gasteiger partial charge on any atom is 0.300 e. The van der Waals surface area contributed by atoms with Crippen LogP contribution in [0.25, 0.3) is 11.3 Å². The Morgan fingerprint density at radius 2 is 1.87 bits per heavy atom. The Bertz CT molecular complexity index is 1340. The van der Waals surface area contributed by atoms with Gasteiger partial charge in [0, 0.05) is 24.0 Å². The van der Waals surface area contributed by atoms with Gasteiger partial charge in [-0.1, -0.05) is 30.0 Å². The smallest absolute Gasteiger partial charge is 0.300 e. The second-order valence-electron chi connectivity index (χ2n) is 7.27. The van der Waals surface area contributed by atoms with Crippen LogP contribution in [0.15, 0.2) is 64.8 Å². The number of aryl methyl sites for hydroxylation is 2. The van der Waals surface area contributed by atoms with Gasteiger partial charge < -0.3 is 4.74 Å². The van der Waals surface area contributed by atoms with E-state index in [1.165, 1.54) is 16.3 Å². The Hall–Kier alpha value is -3.39. The van der Waals surface area contributed by atoms with Gasteiger partial charge in [-0.25, -0.2) is 0 Å². The zero-order valence-corrected chi connectivity index (χ0v) is 18.5. The van der Waals surface area contributed by atoms with Gasteiger partial charge >= 0.3 is 5.56 Å². The van der Waals surface area contributed by atoms with E-state index >= 15 is 0 Å². The van der Waals surface area contributed by atoms with Gasteiger partial charge in [0.1, 0.15) is 5.75 Å². The predicted molar refractivity (Wildman–Crippen MR) is 121 cm³/mol. The fraction of sp³-hybridized carbons (Fsp3) is 0.217. The van der Waals surface area contributed by atoms with E-state index in [0.29, 0.717) is 22.2 Å². The number of fused-ring (bicyclic) bond motifs is 1. The Morgan fingerprint density at radius 3 is 2.61 bits per heavy atom. The lowest BCUT2D eigenvalue weighted by atomic mass is 10.0. The molecule has 158 valence electrons. The van der Waals surface area contributed by atoms with Crippen LogP contribution in [0.3, 0.4) is 0 Å². The van der Waals surface area contributed by atoms with E-state index in [4.69, 9.17) is 4.74 Å². The van der Waals surface area contributed by atoms with Crippen molar-refractivity contribution in [2.75, 3.05) is 7.11 Å². The molecule has 4 rings (SSSR count). The van der Waals surface area contributed by atoms with Crippen molar-refractivity contribution >= 4 is 23.2 Å². The third-order valence-corrected chi connectivity index (χ3v) is 6.27. The predicted octanol–water partition coefficient (Wildman–Crippen LogP) is 3.87. The number of hydrogen-bond donors (Lipinski definition) is 0. The number of aromatic nitrogens is 4. The summed E-state index contributed by atoms with van der Waals surface area (Å²) in [6.45, 7) is 5.84. The van der Waals surface area contributed by atoms with Crippen LogP contribution in [0, 0.1) is 13.8 Å². The zero-order chi connectivity index (χ0) is 22.1. The molecule has 2 aromatic carbocycles. The third kappa shape index (κ3) is 3.98. The minimum absolute atomic E-state index is 0.00886. The summed E-state index contributed by atoms with van der Waals surface area (Å²) in [5.41, 5.74) is 3.45. The summed E-state index contributed by atoms with van der Waals surface area (Å²) >= 11 is 1.28. The summed E-state index contributed by atoms with van der Waals surface area (Å²) in [6.07, 6.45) is 3.39. The summed E-state index contributed by atoms with van der Waals surface area (Å²) < 4.78 is 8.35. The molecule has 0 fully saturated rings. The molecule has 7 nitrogen and oxygen atoms in total. The van der Waals surface area contributed by atoms with Gasteiger partial charge in [0.15, 0.2) is 10.9 Å². The fourth-order valence-corrected chi connectivity index (χ4v) is 4.16. The molecule has 0 aliphatic heterocycles. The Morgan fingerprint density at radius 1 is 1.06 bits per heavy atom. The molecule has 0 unspecified atom stereocenters. The molecular weight excluding hydrogens is 412 g/mol. The maximum atomic E-state index is 13.0. The van der Waals surface area contributed by atoms with E-state index in [1.54, 1.807) is 30.0 Å². The highest BCUT2D eigenvalue weighted by Gasteiger charge is 2.21. The third-order valence-electron chi connectivity index (χ3n) is 5.21. The fourth-order valence-electron chi connectivity index (χ4n) is 3.25. The Kier molecular flexibility index (Phi) is 5.65. The average molecular weight is 435 g/mol. The molecule has 8 heteroatoms. The van der Waals surface area contributed by atoms with Crippen molar-refractivity contribution < 1.29 is 9.53 Å². The van der Waals surface area contributed by atoms with Crippen molar-refractivity contribution in [1.29, 1.82) is 0 Å². The number of carbonyl (C=O) groups is 1. The number of nitrogens with zero attached hydrogens (tertiary/aromatic N) is 4. The molecule has 0 spiro atoms. The maximum absolute atomic E-state index is 13.0. The molecule has 0 aliphatic carbocycles. The van der Waals surface area contributed by atoms with Crippen LogP contribution in [0.5, 0.6) is 5.75 Å². The van der Waals surface area contributed by atoms with Crippen LogP contribution < -0.4 is 10.3 Å². The van der Waals surface area contributed by atoms with Crippen molar-refractivity contribution in [2.24, 2.45) is 0 Å². The van der Waals surface area contributed by atoms with Crippen LogP contribution in [0.2, 0.25) is 0 Å². The lowest BCUT2D eigenvalue weighted by molar-refractivity contribution is 0.0993. The monoisotopic (exact) mass is 434 g/mol. The quantitative estimate of drug-likeness (QED) is 0.339. The average Bonchev–Trinajstić information content (AvgIpc) is 3.19. The second kappa shape index (κ2) is 8.39. The molecule has 0 aliphatic rings. The molecular formula is C23H22N4O3S. The van der Waals surface area contributed by atoms with Crippen LogP contribution in [-0.4, -0.2) is 37.3 Å². The number of methoxy groups -OCH3 is 1. The van der Waals surface area contributed by atoms with E-state index in [0.717, 1.165) is 11.1 Å². The molecule has 4 aromatic rings. The van der Waals surface area contributed by atoms with Gasteiger partial charge in [-0.3, -0.25) is 18.6 Å². The SMILES string of the molecule is COc1cccc(-n2ccn3c(S[C@@H](C)C(=O)c4ccc(C)c(C)c4)nnc3c2=O)c1.